The van der Waals surface area contributed by atoms with Gasteiger partial charge in [0.2, 0.25) is 16.0 Å². The summed E-state index contributed by atoms with van der Waals surface area (Å²) in [6.07, 6.45) is 5.78. The van der Waals surface area contributed by atoms with Crippen molar-refractivity contribution < 1.29 is 22.7 Å². The highest BCUT2D eigenvalue weighted by Crippen LogP contribution is 2.20. The van der Waals surface area contributed by atoms with Gasteiger partial charge in [0.15, 0.2) is 0 Å². The standard InChI is InChI=1S/C23H26FN7O4S/c24-19-4-2-17(3-5-19)18-14-27-22(28-15-18)30-10-12-31(13-11-30)36(34,35)16-20(29-23(32)33)6-7-21-25-8-1-9-26-21/h1-5,8-9,14-15,20,29H,6-7,10-13,16H2,(H,32,33)/t20-/m0/s1. The van der Waals surface area contributed by atoms with Crippen molar-refractivity contribution in [2.45, 2.75) is 18.9 Å². The maximum Gasteiger partial charge on any atom is 0.404 e. The highest BCUT2D eigenvalue weighted by Gasteiger charge is 2.31. The molecule has 0 saturated carbocycles. The number of sulfonamides is 1. The van der Waals surface area contributed by atoms with E-state index in [4.69, 9.17) is 5.11 Å². The quantitative estimate of drug-likeness (QED) is 0.436. The minimum absolute atomic E-state index is 0.229. The summed E-state index contributed by atoms with van der Waals surface area (Å²) in [7, 11) is -3.72. The largest absolute Gasteiger partial charge is 0.465 e. The summed E-state index contributed by atoms with van der Waals surface area (Å²) in [6, 6.07) is 6.92. The van der Waals surface area contributed by atoms with Gasteiger partial charge in [-0.05, 0) is 30.2 Å². The number of amides is 1. The Morgan fingerprint density at radius 1 is 1.00 bits per heavy atom. The minimum atomic E-state index is -3.72. The number of benzene rings is 1. The zero-order chi connectivity index (χ0) is 25.5. The molecule has 1 atom stereocenters. The Kier molecular flexibility index (Phi) is 8.00. The van der Waals surface area contributed by atoms with Gasteiger partial charge in [0.1, 0.15) is 11.6 Å². The van der Waals surface area contributed by atoms with E-state index < -0.39 is 22.2 Å². The Balaban J connectivity index is 1.34. The molecule has 0 spiro atoms. The summed E-state index contributed by atoms with van der Waals surface area (Å²) in [4.78, 5) is 30.1. The highest BCUT2D eigenvalue weighted by molar-refractivity contribution is 7.89. The number of aryl methyl sites for hydroxylation is 1. The highest BCUT2D eigenvalue weighted by atomic mass is 32.2. The summed E-state index contributed by atoms with van der Waals surface area (Å²) < 4.78 is 40.6. The molecule has 1 aliphatic heterocycles. The molecule has 2 N–H and O–H groups in total. The van der Waals surface area contributed by atoms with Crippen LogP contribution in [0.3, 0.4) is 0 Å². The number of nitrogens with zero attached hydrogens (tertiary/aromatic N) is 6. The minimum Gasteiger partial charge on any atom is -0.465 e. The second-order valence-corrected chi connectivity index (χ2v) is 10.3. The van der Waals surface area contributed by atoms with Crippen LogP contribution in [0.4, 0.5) is 15.1 Å². The molecule has 1 aliphatic rings. The van der Waals surface area contributed by atoms with Gasteiger partial charge in [-0.25, -0.2) is 37.5 Å². The van der Waals surface area contributed by atoms with Crippen molar-refractivity contribution in [1.82, 2.24) is 29.6 Å². The summed E-state index contributed by atoms with van der Waals surface area (Å²) >= 11 is 0. The summed E-state index contributed by atoms with van der Waals surface area (Å²) in [5.41, 5.74) is 1.54. The molecule has 3 aromatic rings. The van der Waals surface area contributed by atoms with Crippen LogP contribution in [0.5, 0.6) is 0 Å². The zero-order valence-electron chi connectivity index (χ0n) is 19.4. The zero-order valence-corrected chi connectivity index (χ0v) is 20.2. The Labute approximate surface area is 208 Å². The molecule has 3 heterocycles. The van der Waals surface area contributed by atoms with E-state index in [0.717, 1.165) is 11.1 Å². The molecule has 36 heavy (non-hydrogen) atoms. The van der Waals surface area contributed by atoms with Crippen molar-refractivity contribution in [2.75, 3.05) is 36.8 Å². The molecule has 0 radical (unpaired) electrons. The van der Waals surface area contributed by atoms with Crippen molar-refractivity contribution in [3.63, 3.8) is 0 Å². The SMILES string of the molecule is O=C(O)N[C@@H](CCc1ncccn1)CS(=O)(=O)N1CCN(c2ncc(-c3ccc(F)cc3)cn2)CC1. The molecule has 4 rings (SSSR count). The van der Waals surface area contributed by atoms with Gasteiger partial charge in [-0.3, -0.25) is 0 Å². The smallest absolute Gasteiger partial charge is 0.404 e. The summed E-state index contributed by atoms with van der Waals surface area (Å²) in [6.45, 7) is 1.24. The lowest BCUT2D eigenvalue weighted by Crippen LogP contribution is -2.52. The van der Waals surface area contributed by atoms with Crippen LogP contribution in [0.2, 0.25) is 0 Å². The molecular formula is C23H26FN7O4S. The molecule has 0 unspecified atom stereocenters. The monoisotopic (exact) mass is 515 g/mol. The number of aromatic nitrogens is 4. The molecule has 190 valence electrons. The molecule has 1 aromatic carbocycles. The molecule has 11 nitrogen and oxygen atoms in total. The van der Waals surface area contributed by atoms with E-state index in [1.807, 2.05) is 4.90 Å². The number of anilines is 1. The first-order chi connectivity index (χ1) is 17.3. The predicted octanol–water partition coefficient (Wildman–Crippen LogP) is 1.79. The maximum absolute atomic E-state index is 13.1. The lowest BCUT2D eigenvalue weighted by Gasteiger charge is -2.34. The van der Waals surface area contributed by atoms with Crippen molar-refractivity contribution in [3.05, 3.63) is 66.8 Å². The maximum atomic E-state index is 13.1. The van der Waals surface area contributed by atoms with E-state index in [9.17, 15) is 17.6 Å². The lowest BCUT2D eigenvalue weighted by atomic mass is 10.1. The van der Waals surface area contributed by atoms with Crippen LogP contribution in [0, 0.1) is 5.82 Å². The molecule has 1 amide bonds. The van der Waals surface area contributed by atoms with E-state index in [1.54, 1.807) is 43.0 Å². The van der Waals surface area contributed by atoms with Crippen LogP contribution >= 0.6 is 0 Å². The topological polar surface area (TPSA) is 142 Å². The number of hydrogen-bond donors (Lipinski definition) is 2. The number of hydrogen-bond acceptors (Lipinski definition) is 8. The van der Waals surface area contributed by atoms with Crippen molar-refractivity contribution in [3.8, 4) is 11.1 Å². The third-order valence-electron chi connectivity index (χ3n) is 5.81. The van der Waals surface area contributed by atoms with Gasteiger partial charge in [0.25, 0.3) is 0 Å². The second-order valence-electron chi connectivity index (χ2n) is 8.29. The van der Waals surface area contributed by atoms with E-state index in [1.165, 1.54) is 16.4 Å². The average Bonchev–Trinajstić information content (AvgIpc) is 2.88. The average molecular weight is 516 g/mol. The van der Waals surface area contributed by atoms with Gasteiger partial charge < -0.3 is 15.3 Å². The molecular weight excluding hydrogens is 489 g/mol. The Hall–Kier alpha value is -3.71. The fourth-order valence-corrected chi connectivity index (χ4v) is 5.62. The number of piperazine rings is 1. The van der Waals surface area contributed by atoms with Gasteiger partial charge >= 0.3 is 6.09 Å². The summed E-state index contributed by atoms with van der Waals surface area (Å²) in [5.74, 6) is 0.325. The number of carbonyl (C=O) groups is 1. The Morgan fingerprint density at radius 2 is 1.64 bits per heavy atom. The molecule has 2 aromatic heterocycles. The van der Waals surface area contributed by atoms with Gasteiger partial charge in [0, 0.05) is 69.0 Å². The van der Waals surface area contributed by atoms with Crippen molar-refractivity contribution >= 4 is 22.1 Å². The molecule has 0 bridgehead atoms. The fourth-order valence-electron chi connectivity index (χ4n) is 3.94. The number of rotatable bonds is 9. The van der Waals surface area contributed by atoms with Gasteiger partial charge in [-0.2, -0.15) is 4.31 Å². The van der Waals surface area contributed by atoms with Crippen molar-refractivity contribution in [2.24, 2.45) is 0 Å². The molecule has 0 aliphatic carbocycles. The van der Waals surface area contributed by atoms with E-state index in [-0.39, 0.29) is 31.1 Å². The number of nitrogens with one attached hydrogen (secondary N) is 1. The normalized spacial score (nSPS) is 15.4. The van der Waals surface area contributed by atoms with Gasteiger partial charge in [0.05, 0.1) is 5.75 Å². The second kappa shape index (κ2) is 11.4. The molecule has 1 saturated heterocycles. The van der Waals surface area contributed by atoms with Crippen LogP contribution < -0.4 is 10.2 Å². The van der Waals surface area contributed by atoms with Crippen LogP contribution in [0.15, 0.2) is 55.1 Å². The Bertz CT molecular complexity index is 1250. The molecule has 1 fully saturated rings. The third kappa shape index (κ3) is 6.70. The van der Waals surface area contributed by atoms with Crippen LogP contribution in [-0.2, 0) is 16.4 Å². The fraction of sp³-hybridized carbons (Fsp3) is 0.348. The number of carboxylic acid groups (broad SMARTS) is 1. The number of halogens is 1. The molecule has 13 heteroatoms. The predicted molar refractivity (Wildman–Crippen MR) is 130 cm³/mol. The van der Waals surface area contributed by atoms with Gasteiger partial charge in [-0.1, -0.05) is 12.1 Å². The van der Waals surface area contributed by atoms with Crippen molar-refractivity contribution in [1.29, 1.82) is 0 Å². The van der Waals surface area contributed by atoms with E-state index >= 15 is 0 Å². The summed E-state index contributed by atoms with van der Waals surface area (Å²) in [5, 5.41) is 11.5. The first-order valence-electron chi connectivity index (χ1n) is 11.4. The third-order valence-corrected chi connectivity index (χ3v) is 7.78. The van der Waals surface area contributed by atoms with Crippen LogP contribution in [-0.4, -0.2) is 81.8 Å². The van der Waals surface area contributed by atoms with Crippen LogP contribution in [0.1, 0.15) is 12.2 Å². The van der Waals surface area contributed by atoms with Crippen LogP contribution in [0.25, 0.3) is 11.1 Å². The first kappa shape index (κ1) is 25.4. The van der Waals surface area contributed by atoms with E-state index in [0.29, 0.717) is 31.3 Å². The lowest BCUT2D eigenvalue weighted by molar-refractivity contribution is 0.190. The Morgan fingerprint density at radius 3 is 2.25 bits per heavy atom. The van der Waals surface area contributed by atoms with E-state index in [2.05, 4.69) is 25.3 Å². The van der Waals surface area contributed by atoms with Gasteiger partial charge in [-0.15, -0.1) is 0 Å². The first-order valence-corrected chi connectivity index (χ1v) is 13.0.